The zero-order valence-corrected chi connectivity index (χ0v) is 14.2. The molecule has 1 aliphatic heterocycles. The predicted molar refractivity (Wildman–Crippen MR) is 90.2 cm³/mol. The number of benzene rings is 1. The van der Waals surface area contributed by atoms with E-state index in [1.165, 1.54) is 26.1 Å². The van der Waals surface area contributed by atoms with Crippen molar-refractivity contribution in [2.75, 3.05) is 19.6 Å². The van der Waals surface area contributed by atoms with Gasteiger partial charge in [-0.25, -0.2) is 0 Å². The number of quaternary nitrogens is 1. The summed E-state index contributed by atoms with van der Waals surface area (Å²) in [5.74, 6) is 0.00898. The van der Waals surface area contributed by atoms with E-state index in [4.69, 9.17) is 0 Å². The molecule has 1 saturated heterocycles. The van der Waals surface area contributed by atoms with E-state index >= 15 is 0 Å². The lowest BCUT2D eigenvalue weighted by atomic mass is 10.0. The lowest BCUT2D eigenvalue weighted by Gasteiger charge is -2.29. The molecule has 0 saturated carbocycles. The van der Waals surface area contributed by atoms with E-state index in [0.717, 1.165) is 22.9 Å². The Morgan fingerprint density at radius 2 is 2.10 bits per heavy atom. The van der Waals surface area contributed by atoms with E-state index in [-0.39, 0.29) is 5.91 Å². The molecule has 0 aromatic heterocycles. The van der Waals surface area contributed by atoms with Crippen molar-refractivity contribution in [1.29, 1.82) is 0 Å². The average Bonchev–Trinajstić information content (AvgIpc) is 2.49. The number of halogens is 1. The number of nitrogens with one attached hydrogen (secondary N) is 2. The van der Waals surface area contributed by atoms with Crippen LogP contribution >= 0.6 is 15.9 Å². The van der Waals surface area contributed by atoms with Gasteiger partial charge < -0.3 is 10.2 Å². The molecule has 1 aliphatic rings. The van der Waals surface area contributed by atoms with Crippen LogP contribution in [0.1, 0.15) is 31.7 Å². The standard InChI is InChI=1S/C17H23BrN2O/c1-2-11-20-12-9-15(10-13-20)19-17(21)8-7-14-5-3-4-6-16(14)18/h3-8,15H,2,9-13H2,1H3,(H,19,21)/p+1/b8-7+. The van der Waals surface area contributed by atoms with Gasteiger partial charge in [0.25, 0.3) is 0 Å². The maximum Gasteiger partial charge on any atom is 0.244 e. The van der Waals surface area contributed by atoms with Crippen LogP contribution in [0.15, 0.2) is 34.8 Å². The van der Waals surface area contributed by atoms with Crippen molar-refractivity contribution in [1.82, 2.24) is 5.32 Å². The predicted octanol–water partition coefficient (Wildman–Crippen LogP) is 2.04. The Balaban J connectivity index is 1.79. The summed E-state index contributed by atoms with van der Waals surface area (Å²) >= 11 is 3.48. The number of rotatable bonds is 5. The van der Waals surface area contributed by atoms with E-state index in [1.54, 1.807) is 11.0 Å². The van der Waals surface area contributed by atoms with Crippen molar-refractivity contribution in [3.8, 4) is 0 Å². The fraction of sp³-hybridized carbons (Fsp3) is 0.471. The van der Waals surface area contributed by atoms with Gasteiger partial charge in [-0.15, -0.1) is 0 Å². The highest BCUT2D eigenvalue weighted by Gasteiger charge is 2.21. The molecule has 0 aliphatic carbocycles. The zero-order chi connectivity index (χ0) is 15.1. The summed E-state index contributed by atoms with van der Waals surface area (Å²) in [6.07, 6.45) is 6.90. The van der Waals surface area contributed by atoms with E-state index in [1.807, 2.05) is 30.3 Å². The van der Waals surface area contributed by atoms with Gasteiger partial charge in [0, 0.05) is 29.4 Å². The second-order valence-corrected chi connectivity index (χ2v) is 6.49. The van der Waals surface area contributed by atoms with Gasteiger partial charge in [-0.3, -0.25) is 4.79 Å². The van der Waals surface area contributed by atoms with Gasteiger partial charge in [0.15, 0.2) is 0 Å². The second-order valence-electron chi connectivity index (χ2n) is 5.64. The summed E-state index contributed by atoms with van der Waals surface area (Å²) in [6.45, 7) is 5.83. The van der Waals surface area contributed by atoms with Gasteiger partial charge in [0.05, 0.1) is 19.6 Å². The van der Waals surface area contributed by atoms with Crippen LogP contribution in [0.5, 0.6) is 0 Å². The van der Waals surface area contributed by atoms with Crippen molar-refractivity contribution < 1.29 is 9.69 Å². The molecule has 3 nitrogen and oxygen atoms in total. The lowest BCUT2D eigenvalue weighted by molar-refractivity contribution is -0.905. The molecule has 1 amide bonds. The van der Waals surface area contributed by atoms with Gasteiger partial charge in [-0.1, -0.05) is 41.1 Å². The third-order valence-corrected chi connectivity index (χ3v) is 4.68. The molecule has 0 atom stereocenters. The molecular weight excluding hydrogens is 328 g/mol. The van der Waals surface area contributed by atoms with Gasteiger partial charge in [-0.05, 0) is 24.1 Å². The third kappa shape index (κ3) is 5.29. The average molecular weight is 352 g/mol. The number of piperidine rings is 1. The fourth-order valence-electron chi connectivity index (χ4n) is 2.80. The van der Waals surface area contributed by atoms with Crippen molar-refractivity contribution >= 4 is 27.9 Å². The topological polar surface area (TPSA) is 33.5 Å². The zero-order valence-electron chi connectivity index (χ0n) is 12.6. The molecule has 4 heteroatoms. The first-order valence-corrected chi connectivity index (χ1v) is 8.55. The Morgan fingerprint density at radius 1 is 1.38 bits per heavy atom. The smallest absolute Gasteiger partial charge is 0.244 e. The van der Waals surface area contributed by atoms with E-state index in [0.29, 0.717) is 6.04 Å². The van der Waals surface area contributed by atoms with Crippen LogP contribution in [0.4, 0.5) is 0 Å². The maximum absolute atomic E-state index is 12.0. The summed E-state index contributed by atoms with van der Waals surface area (Å²) < 4.78 is 1.01. The minimum absolute atomic E-state index is 0.00898. The minimum atomic E-state index is 0.00898. The first kappa shape index (κ1) is 16.2. The molecule has 2 rings (SSSR count). The monoisotopic (exact) mass is 351 g/mol. The molecule has 0 bridgehead atoms. The second kappa shape index (κ2) is 8.35. The van der Waals surface area contributed by atoms with Crippen LogP contribution in [-0.2, 0) is 4.79 Å². The van der Waals surface area contributed by atoms with Crippen molar-refractivity contribution in [2.24, 2.45) is 0 Å². The number of carbonyl (C=O) groups excluding carboxylic acids is 1. The Bertz CT molecular complexity index is 493. The summed E-state index contributed by atoms with van der Waals surface area (Å²) in [4.78, 5) is 13.7. The molecular formula is C17H24BrN2O+. The summed E-state index contributed by atoms with van der Waals surface area (Å²) in [6, 6.07) is 8.23. The minimum Gasteiger partial charge on any atom is -0.349 e. The molecule has 0 radical (unpaired) electrons. The van der Waals surface area contributed by atoms with Gasteiger partial charge in [-0.2, -0.15) is 0 Å². The Morgan fingerprint density at radius 3 is 2.76 bits per heavy atom. The van der Waals surface area contributed by atoms with Gasteiger partial charge in [0.1, 0.15) is 0 Å². The van der Waals surface area contributed by atoms with Gasteiger partial charge >= 0.3 is 0 Å². The highest BCUT2D eigenvalue weighted by atomic mass is 79.9. The molecule has 0 spiro atoms. The molecule has 21 heavy (non-hydrogen) atoms. The normalized spacial score (nSPS) is 22.4. The molecule has 114 valence electrons. The van der Waals surface area contributed by atoms with Crippen LogP contribution in [0.25, 0.3) is 6.08 Å². The number of hydrogen-bond acceptors (Lipinski definition) is 1. The summed E-state index contributed by atoms with van der Waals surface area (Å²) in [5.41, 5.74) is 1.02. The highest BCUT2D eigenvalue weighted by Crippen LogP contribution is 2.16. The first-order valence-electron chi connectivity index (χ1n) is 7.75. The van der Waals surface area contributed by atoms with E-state index < -0.39 is 0 Å². The Kier molecular flexibility index (Phi) is 6.46. The van der Waals surface area contributed by atoms with Crippen LogP contribution in [-0.4, -0.2) is 31.6 Å². The van der Waals surface area contributed by atoms with Crippen LogP contribution in [0.2, 0.25) is 0 Å². The first-order chi connectivity index (χ1) is 10.2. The summed E-state index contributed by atoms with van der Waals surface area (Å²) in [5, 5.41) is 3.12. The number of hydrogen-bond donors (Lipinski definition) is 2. The van der Waals surface area contributed by atoms with Gasteiger partial charge in [0.2, 0.25) is 5.91 Å². The molecule has 2 N–H and O–H groups in total. The highest BCUT2D eigenvalue weighted by molar-refractivity contribution is 9.10. The Labute approximate surface area is 135 Å². The number of likely N-dealkylation sites (tertiary alicyclic amines) is 1. The molecule has 1 aromatic carbocycles. The maximum atomic E-state index is 12.0. The largest absolute Gasteiger partial charge is 0.349 e. The molecule has 1 aromatic rings. The fourth-order valence-corrected chi connectivity index (χ4v) is 3.22. The van der Waals surface area contributed by atoms with Crippen LogP contribution < -0.4 is 10.2 Å². The van der Waals surface area contributed by atoms with Crippen molar-refractivity contribution in [3.63, 3.8) is 0 Å². The Hall–Kier alpha value is -1.13. The lowest BCUT2D eigenvalue weighted by Crippen LogP contribution is -3.13. The van der Waals surface area contributed by atoms with E-state index in [9.17, 15) is 4.79 Å². The SMILES string of the molecule is CCC[NH+]1CCC(NC(=O)/C=C/c2ccccc2Br)CC1. The van der Waals surface area contributed by atoms with Crippen LogP contribution in [0.3, 0.4) is 0 Å². The molecule has 0 unspecified atom stereocenters. The molecule has 1 heterocycles. The van der Waals surface area contributed by atoms with Crippen molar-refractivity contribution in [3.05, 3.63) is 40.4 Å². The van der Waals surface area contributed by atoms with Crippen molar-refractivity contribution in [2.45, 2.75) is 32.2 Å². The van der Waals surface area contributed by atoms with Crippen LogP contribution in [0, 0.1) is 0 Å². The third-order valence-electron chi connectivity index (χ3n) is 3.96. The number of amides is 1. The quantitative estimate of drug-likeness (QED) is 0.782. The van der Waals surface area contributed by atoms with E-state index in [2.05, 4.69) is 28.2 Å². The number of carbonyl (C=O) groups is 1. The summed E-state index contributed by atoms with van der Waals surface area (Å²) in [7, 11) is 0. The molecule has 1 fully saturated rings.